The fourth-order valence-corrected chi connectivity index (χ4v) is 4.15. The molecule has 2 heterocycles. The first-order valence-electron chi connectivity index (χ1n) is 10.2. The third-order valence-electron chi connectivity index (χ3n) is 5.75. The second-order valence-corrected chi connectivity index (χ2v) is 7.68. The molecule has 0 bridgehead atoms. The molecule has 2 aliphatic rings. The standard InChI is InChI=1S/C21H33FN4O.HI/c1-3-23-20(25(2)16-18-6-8-19(22)9-7-18)24-17-21(10-14-27-15-11-21)26-12-4-5-13-26;/h6-9H,3-5,10-17H2,1-2H3,(H,23,24);1H. The van der Waals surface area contributed by atoms with Crippen LogP contribution in [0.2, 0.25) is 0 Å². The SMILES string of the molecule is CCNC(=NCC1(N2CCCC2)CCOCC1)N(C)Cc1ccc(F)cc1.I. The number of ether oxygens (including phenoxy) is 1. The molecule has 2 aliphatic heterocycles. The van der Waals surface area contributed by atoms with E-state index >= 15 is 0 Å². The molecule has 3 rings (SSSR count). The number of halogens is 2. The van der Waals surface area contributed by atoms with E-state index in [1.54, 1.807) is 0 Å². The Labute approximate surface area is 185 Å². The van der Waals surface area contributed by atoms with Crippen LogP contribution in [-0.4, -0.2) is 67.7 Å². The quantitative estimate of drug-likeness (QED) is 0.366. The number of rotatable bonds is 6. The Hall–Kier alpha value is -0.930. The van der Waals surface area contributed by atoms with Gasteiger partial charge in [-0.25, -0.2) is 4.39 Å². The van der Waals surface area contributed by atoms with E-state index in [1.165, 1.54) is 38.1 Å². The average Bonchev–Trinajstić information content (AvgIpc) is 3.23. The molecule has 5 nitrogen and oxygen atoms in total. The van der Waals surface area contributed by atoms with Crippen molar-refractivity contribution in [1.82, 2.24) is 15.1 Å². The van der Waals surface area contributed by atoms with Crippen molar-refractivity contribution in [2.45, 2.75) is 44.7 Å². The molecule has 0 amide bonds. The summed E-state index contributed by atoms with van der Waals surface area (Å²) in [5.74, 6) is 0.709. The zero-order valence-corrected chi connectivity index (χ0v) is 19.5. The normalized spacial score (nSPS) is 19.9. The van der Waals surface area contributed by atoms with Gasteiger partial charge in [-0.1, -0.05) is 12.1 Å². The second kappa shape index (κ2) is 11.3. The Bertz CT molecular complexity index is 613. The van der Waals surface area contributed by atoms with Gasteiger partial charge in [0.1, 0.15) is 5.82 Å². The van der Waals surface area contributed by atoms with Crippen molar-refractivity contribution in [3.8, 4) is 0 Å². The molecule has 2 saturated heterocycles. The van der Waals surface area contributed by atoms with Gasteiger partial charge in [0.15, 0.2) is 5.96 Å². The van der Waals surface area contributed by atoms with E-state index in [9.17, 15) is 4.39 Å². The maximum absolute atomic E-state index is 13.2. The molecule has 1 N–H and O–H groups in total. The molecular formula is C21H34FIN4O. The van der Waals surface area contributed by atoms with Gasteiger partial charge in [-0.05, 0) is 63.4 Å². The summed E-state index contributed by atoms with van der Waals surface area (Å²) in [6.45, 7) is 8.42. The van der Waals surface area contributed by atoms with Crippen molar-refractivity contribution >= 4 is 29.9 Å². The van der Waals surface area contributed by atoms with E-state index in [1.807, 2.05) is 19.2 Å². The van der Waals surface area contributed by atoms with Crippen LogP contribution >= 0.6 is 24.0 Å². The molecule has 0 atom stereocenters. The van der Waals surface area contributed by atoms with Gasteiger partial charge < -0.3 is 15.0 Å². The highest BCUT2D eigenvalue weighted by atomic mass is 127. The van der Waals surface area contributed by atoms with Crippen LogP contribution in [0.3, 0.4) is 0 Å². The van der Waals surface area contributed by atoms with Crippen molar-refractivity contribution < 1.29 is 9.13 Å². The molecular weight excluding hydrogens is 470 g/mol. The summed E-state index contributed by atoms with van der Waals surface area (Å²) in [6.07, 6.45) is 4.68. The fraction of sp³-hybridized carbons (Fsp3) is 0.667. The number of likely N-dealkylation sites (tertiary alicyclic amines) is 1. The predicted molar refractivity (Wildman–Crippen MR) is 123 cm³/mol. The Kier molecular flexibility index (Phi) is 9.43. The predicted octanol–water partition coefficient (Wildman–Crippen LogP) is 3.49. The van der Waals surface area contributed by atoms with Crippen molar-refractivity contribution in [2.75, 3.05) is 46.4 Å². The number of guanidine groups is 1. The minimum absolute atomic E-state index is 0. The maximum atomic E-state index is 13.2. The van der Waals surface area contributed by atoms with E-state index in [0.717, 1.165) is 50.7 Å². The molecule has 7 heteroatoms. The highest BCUT2D eigenvalue weighted by molar-refractivity contribution is 14.0. The summed E-state index contributed by atoms with van der Waals surface area (Å²) in [5, 5.41) is 3.41. The summed E-state index contributed by atoms with van der Waals surface area (Å²) in [7, 11) is 2.04. The lowest BCUT2D eigenvalue weighted by molar-refractivity contribution is -0.0139. The van der Waals surface area contributed by atoms with Crippen molar-refractivity contribution in [1.29, 1.82) is 0 Å². The van der Waals surface area contributed by atoms with E-state index in [0.29, 0.717) is 6.54 Å². The first-order valence-corrected chi connectivity index (χ1v) is 10.2. The number of hydrogen-bond donors (Lipinski definition) is 1. The number of nitrogens with zero attached hydrogens (tertiary/aromatic N) is 3. The molecule has 0 radical (unpaired) electrons. The monoisotopic (exact) mass is 504 g/mol. The smallest absolute Gasteiger partial charge is 0.194 e. The van der Waals surface area contributed by atoms with E-state index in [4.69, 9.17) is 9.73 Å². The van der Waals surface area contributed by atoms with Gasteiger partial charge in [0.2, 0.25) is 0 Å². The van der Waals surface area contributed by atoms with Gasteiger partial charge >= 0.3 is 0 Å². The minimum atomic E-state index is -0.200. The highest BCUT2D eigenvalue weighted by Gasteiger charge is 2.39. The lowest BCUT2D eigenvalue weighted by Gasteiger charge is -2.43. The van der Waals surface area contributed by atoms with Crippen LogP contribution in [-0.2, 0) is 11.3 Å². The van der Waals surface area contributed by atoms with E-state index < -0.39 is 0 Å². The van der Waals surface area contributed by atoms with Crippen LogP contribution in [0.15, 0.2) is 29.3 Å². The molecule has 1 aromatic rings. The average molecular weight is 504 g/mol. The first-order chi connectivity index (χ1) is 13.1. The van der Waals surface area contributed by atoms with Gasteiger partial charge in [0.25, 0.3) is 0 Å². The topological polar surface area (TPSA) is 40.1 Å². The summed E-state index contributed by atoms with van der Waals surface area (Å²) in [5.41, 5.74) is 1.21. The summed E-state index contributed by atoms with van der Waals surface area (Å²) in [4.78, 5) is 9.79. The molecule has 0 spiro atoms. The van der Waals surface area contributed by atoms with Gasteiger partial charge in [-0.3, -0.25) is 9.89 Å². The Morgan fingerprint density at radius 3 is 2.46 bits per heavy atom. The van der Waals surface area contributed by atoms with Gasteiger partial charge in [-0.15, -0.1) is 24.0 Å². The van der Waals surface area contributed by atoms with Gasteiger partial charge in [0, 0.05) is 38.9 Å². The number of benzene rings is 1. The first kappa shape index (κ1) is 23.3. The summed E-state index contributed by atoms with van der Waals surface area (Å²) >= 11 is 0. The zero-order valence-electron chi connectivity index (χ0n) is 17.1. The molecule has 0 aromatic heterocycles. The van der Waals surface area contributed by atoms with Crippen molar-refractivity contribution in [2.24, 2.45) is 4.99 Å². The largest absolute Gasteiger partial charge is 0.381 e. The molecule has 0 saturated carbocycles. The Morgan fingerprint density at radius 1 is 1.21 bits per heavy atom. The Balaban J connectivity index is 0.00000280. The van der Waals surface area contributed by atoms with Crippen LogP contribution in [0.25, 0.3) is 0 Å². The van der Waals surface area contributed by atoms with Crippen molar-refractivity contribution in [3.63, 3.8) is 0 Å². The molecule has 0 aliphatic carbocycles. The number of hydrogen-bond acceptors (Lipinski definition) is 3. The lowest BCUT2D eigenvalue weighted by atomic mass is 9.88. The van der Waals surface area contributed by atoms with Crippen LogP contribution in [0.5, 0.6) is 0 Å². The summed E-state index contributed by atoms with van der Waals surface area (Å²) < 4.78 is 18.8. The van der Waals surface area contributed by atoms with Crippen LogP contribution in [0.1, 0.15) is 38.2 Å². The number of nitrogens with one attached hydrogen (secondary N) is 1. The maximum Gasteiger partial charge on any atom is 0.194 e. The third-order valence-corrected chi connectivity index (χ3v) is 5.75. The van der Waals surface area contributed by atoms with Gasteiger partial charge in [-0.2, -0.15) is 0 Å². The lowest BCUT2D eigenvalue weighted by Crippen LogP contribution is -2.54. The molecule has 0 unspecified atom stereocenters. The third kappa shape index (κ3) is 6.03. The number of aliphatic imine (C=N–C) groups is 1. The molecule has 1 aromatic carbocycles. The van der Waals surface area contributed by atoms with E-state index in [2.05, 4.69) is 22.0 Å². The van der Waals surface area contributed by atoms with Crippen LogP contribution < -0.4 is 5.32 Å². The second-order valence-electron chi connectivity index (χ2n) is 7.68. The van der Waals surface area contributed by atoms with Crippen molar-refractivity contribution in [3.05, 3.63) is 35.6 Å². The van der Waals surface area contributed by atoms with E-state index in [-0.39, 0.29) is 35.3 Å². The fourth-order valence-electron chi connectivity index (χ4n) is 4.15. The minimum Gasteiger partial charge on any atom is -0.381 e. The highest BCUT2D eigenvalue weighted by Crippen LogP contribution is 2.31. The van der Waals surface area contributed by atoms with Crippen LogP contribution in [0.4, 0.5) is 4.39 Å². The van der Waals surface area contributed by atoms with Gasteiger partial charge in [0.05, 0.1) is 6.54 Å². The Morgan fingerprint density at radius 2 is 1.86 bits per heavy atom. The van der Waals surface area contributed by atoms with Crippen LogP contribution in [0, 0.1) is 5.82 Å². The molecule has 158 valence electrons. The molecule has 28 heavy (non-hydrogen) atoms. The molecule has 2 fully saturated rings. The summed E-state index contributed by atoms with van der Waals surface area (Å²) in [6, 6.07) is 6.69. The zero-order chi connectivity index (χ0) is 19.1.